The first-order chi connectivity index (χ1) is 13.7. The van der Waals surface area contributed by atoms with Gasteiger partial charge in [-0.2, -0.15) is 0 Å². The normalized spacial score (nSPS) is 11.1. The molecule has 3 heteroatoms. The zero-order valence-electron chi connectivity index (χ0n) is 17.0. The number of rotatable bonds is 9. The van der Waals surface area contributed by atoms with E-state index < -0.39 is 6.16 Å². The van der Waals surface area contributed by atoms with Crippen LogP contribution in [-0.2, 0) is 11.2 Å². The van der Waals surface area contributed by atoms with Gasteiger partial charge in [0.05, 0.1) is 6.61 Å². The van der Waals surface area contributed by atoms with Crippen molar-refractivity contribution < 1.29 is 14.3 Å². The first-order valence-corrected chi connectivity index (χ1v) is 10.5. The Morgan fingerprint density at radius 1 is 0.821 bits per heavy atom. The van der Waals surface area contributed by atoms with Gasteiger partial charge in [0.15, 0.2) is 0 Å². The lowest BCUT2D eigenvalue weighted by molar-refractivity contribution is 0.0982. The van der Waals surface area contributed by atoms with Crippen LogP contribution in [0, 0.1) is 0 Å². The standard InChI is InChI=1S/C25H30O3/c1-3-5-6-7-8-11-16-27-25(26)28-24-22-13-10-9-12-20(22)18-21-15-14-19(4-2)17-23(21)24/h9-10,12-15,17-18H,3-8,11,16H2,1-2H3. The molecule has 28 heavy (non-hydrogen) atoms. The molecule has 3 aromatic carbocycles. The van der Waals surface area contributed by atoms with E-state index in [1.54, 1.807) is 0 Å². The zero-order chi connectivity index (χ0) is 19.8. The van der Waals surface area contributed by atoms with Crippen LogP contribution in [0.1, 0.15) is 57.9 Å². The summed E-state index contributed by atoms with van der Waals surface area (Å²) in [4.78, 5) is 12.3. The van der Waals surface area contributed by atoms with Crippen LogP contribution in [0.5, 0.6) is 5.75 Å². The van der Waals surface area contributed by atoms with Crippen molar-refractivity contribution in [2.24, 2.45) is 0 Å². The molecule has 0 spiro atoms. The second-order valence-corrected chi connectivity index (χ2v) is 7.30. The minimum atomic E-state index is -0.617. The Bertz CT molecular complexity index is 930. The summed E-state index contributed by atoms with van der Waals surface area (Å²) in [5.74, 6) is 0.594. The maximum Gasteiger partial charge on any atom is 0.513 e. The second-order valence-electron chi connectivity index (χ2n) is 7.30. The van der Waals surface area contributed by atoms with E-state index in [1.807, 2.05) is 24.3 Å². The van der Waals surface area contributed by atoms with Crippen molar-refractivity contribution >= 4 is 27.7 Å². The van der Waals surface area contributed by atoms with Crippen LogP contribution < -0.4 is 4.74 Å². The van der Waals surface area contributed by atoms with Crippen molar-refractivity contribution in [1.82, 2.24) is 0 Å². The van der Waals surface area contributed by atoms with Crippen molar-refractivity contribution in [3.63, 3.8) is 0 Å². The van der Waals surface area contributed by atoms with E-state index in [0.717, 1.165) is 40.8 Å². The minimum absolute atomic E-state index is 0.411. The van der Waals surface area contributed by atoms with Gasteiger partial charge >= 0.3 is 6.16 Å². The monoisotopic (exact) mass is 378 g/mol. The van der Waals surface area contributed by atoms with E-state index in [9.17, 15) is 4.79 Å². The Labute approximate surface area is 167 Å². The van der Waals surface area contributed by atoms with Crippen molar-refractivity contribution in [3.05, 3.63) is 54.1 Å². The van der Waals surface area contributed by atoms with Crippen molar-refractivity contribution in [2.75, 3.05) is 6.61 Å². The van der Waals surface area contributed by atoms with Crippen LogP contribution in [-0.4, -0.2) is 12.8 Å². The molecule has 0 heterocycles. The number of ether oxygens (including phenoxy) is 2. The molecule has 0 fully saturated rings. The molecule has 3 aromatic rings. The molecule has 3 nitrogen and oxygen atoms in total. The summed E-state index contributed by atoms with van der Waals surface area (Å²) in [5.41, 5.74) is 1.22. The lowest BCUT2D eigenvalue weighted by Gasteiger charge is -2.13. The van der Waals surface area contributed by atoms with Gasteiger partial charge in [-0.05, 0) is 41.3 Å². The maximum absolute atomic E-state index is 12.3. The third-order valence-corrected chi connectivity index (χ3v) is 5.19. The molecule has 0 aliphatic rings. The molecule has 0 unspecified atom stereocenters. The highest BCUT2D eigenvalue weighted by Crippen LogP contribution is 2.35. The molecule has 0 N–H and O–H groups in total. The van der Waals surface area contributed by atoms with Gasteiger partial charge in [0.25, 0.3) is 0 Å². The lowest BCUT2D eigenvalue weighted by Crippen LogP contribution is -2.12. The van der Waals surface area contributed by atoms with E-state index >= 15 is 0 Å². The number of hydrogen-bond donors (Lipinski definition) is 0. The number of carbonyl (C=O) groups excluding carboxylic acids is 1. The summed E-state index contributed by atoms with van der Waals surface area (Å²) in [6.07, 6.45) is 7.25. The number of hydrogen-bond acceptors (Lipinski definition) is 3. The third kappa shape index (κ3) is 5.03. The molecule has 0 aromatic heterocycles. The molecular formula is C25H30O3. The van der Waals surface area contributed by atoms with Gasteiger partial charge < -0.3 is 9.47 Å². The van der Waals surface area contributed by atoms with E-state index in [4.69, 9.17) is 9.47 Å². The molecular weight excluding hydrogens is 348 g/mol. The topological polar surface area (TPSA) is 35.5 Å². The van der Waals surface area contributed by atoms with Gasteiger partial charge in [0, 0.05) is 10.8 Å². The fourth-order valence-electron chi connectivity index (χ4n) is 3.55. The Morgan fingerprint density at radius 2 is 1.57 bits per heavy atom. The Balaban J connectivity index is 1.74. The van der Waals surface area contributed by atoms with E-state index in [2.05, 4.69) is 38.1 Å². The lowest BCUT2D eigenvalue weighted by atomic mass is 9.99. The average Bonchev–Trinajstić information content (AvgIpc) is 2.72. The highest BCUT2D eigenvalue weighted by molar-refractivity contribution is 6.06. The molecule has 148 valence electrons. The average molecular weight is 379 g/mol. The van der Waals surface area contributed by atoms with Crippen LogP contribution in [0.25, 0.3) is 21.5 Å². The molecule has 0 bridgehead atoms. The van der Waals surface area contributed by atoms with Gasteiger partial charge in [-0.1, -0.05) is 82.3 Å². The summed E-state index contributed by atoms with van der Waals surface area (Å²) in [7, 11) is 0. The van der Waals surface area contributed by atoms with Gasteiger partial charge in [-0.3, -0.25) is 0 Å². The van der Waals surface area contributed by atoms with E-state index in [0.29, 0.717) is 12.4 Å². The molecule has 0 atom stereocenters. The van der Waals surface area contributed by atoms with Crippen LogP contribution in [0.15, 0.2) is 48.5 Å². The van der Waals surface area contributed by atoms with Crippen LogP contribution in [0.4, 0.5) is 4.79 Å². The molecule has 0 aliphatic carbocycles. The quantitative estimate of drug-likeness (QED) is 0.168. The van der Waals surface area contributed by atoms with Gasteiger partial charge in [-0.15, -0.1) is 0 Å². The predicted molar refractivity (Wildman–Crippen MR) is 116 cm³/mol. The smallest absolute Gasteiger partial charge is 0.434 e. The highest BCUT2D eigenvalue weighted by atomic mass is 16.7. The predicted octanol–water partition coefficient (Wildman–Crippen LogP) is 7.43. The highest BCUT2D eigenvalue weighted by Gasteiger charge is 2.14. The van der Waals surface area contributed by atoms with Crippen molar-refractivity contribution in [2.45, 2.75) is 58.8 Å². The second kappa shape index (κ2) is 10.1. The molecule has 0 saturated carbocycles. The molecule has 0 amide bonds. The SMILES string of the molecule is CCCCCCCCOC(=O)Oc1c2ccccc2cc2ccc(CC)cc12. The first-order valence-electron chi connectivity index (χ1n) is 10.5. The van der Waals surface area contributed by atoms with Gasteiger partial charge in [-0.25, -0.2) is 4.79 Å². The van der Waals surface area contributed by atoms with Crippen LogP contribution in [0.2, 0.25) is 0 Å². The first kappa shape index (κ1) is 20.2. The number of fused-ring (bicyclic) bond motifs is 2. The fourth-order valence-corrected chi connectivity index (χ4v) is 3.55. The molecule has 0 aliphatic heterocycles. The molecule has 3 rings (SSSR count). The molecule has 0 saturated heterocycles. The van der Waals surface area contributed by atoms with Gasteiger partial charge in [0.2, 0.25) is 0 Å². The minimum Gasteiger partial charge on any atom is -0.434 e. The zero-order valence-corrected chi connectivity index (χ0v) is 17.0. The van der Waals surface area contributed by atoms with Crippen molar-refractivity contribution in [1.29, 1.82) is 0 Å². The summed E-state index contributed by atoms with van der Waals surface area (Å²) >= 11 is 0. The Kier molecular flexibility index (Phi) is 7.30. The number of unbranched alkanes of at least 4 members (excludes halogenated alkanes) is 5. The Morgan fingerprint density at radius 3 is 2.39 bits per heavy atom. The number of carbonyl (C=O) groups is 1. The third-order valence-electron chi connectivity index (χ3n) is 5.19. The van der Waals surface area contributed by atoms with Gasteiger partial charge in [0.1, 0.15) is 5.75 Å². The fraction of sp³-hybridized carbons (Fsp3) is 0.400. The summed E-state index contributed by atoms with van der Waals surface area (Å²) in [5, 5.41) is 4.00. The summed E-state index contributed by atoms with van der Waals surface area (Å²) in [6.45, 7) is 4.74. The van der Waals surface area contributed by atoms with Crippen LogP contribution in [0.3, 0.4) is 0 Å². The van der Waals surface area contributed by atoms with Crippen LogP contribution >= 0.6 is 0 Å². The largest absolute Gasteiger partial charge is 0.513 e. The Hall–Kier alpha value is -2.55. The van der Waals surface area contributed by atoms with Crippen molar-refractivity contribution in [3.8, 4) is 5.75 Å². The maximum atomic E-state index is 12.3. The summed E-state index contributed by atoms with van der Waals surface area (Å²) in [6, 6.07) is 16.5. The number of benzene rings is 3. The molecule has 0 radical (unpaired) electrons. The van der Waals surface area contributed by atoms with E-state index in [-0.39, 0.29) is 0 Å². The summed E-state index contributed by atoms with van der Waals surface area (Å²) < 4.78 is 11.1. The number of aryl methyl sites for hydroxylation is 1. The van der Waals surface area contributed by atoms with E-state index in [1.165, 1.54) is 31.2 Å².